The Morgan fingerprint density at radius 3 is 2.40 bits per heavy atom. The van der Waals surface area contributed by atoms with Gasteiger partial charge in [0.05, 0.1) is 18.7 Å². The fraction of sp³-hybridized carbons (Fsp3) is 0.316. The Hall–Kier alpha value is -3.09. The number of rotatable bonds is 4. The number of aromatic nitrogens is 2. The smallest absolute Gasteiger partial charge is 0.140 e. The van der Waals surface area contributed by atoms with Crippen molar-refractivity contribution in [3.8, 4) is 12.1 Å². The molecule has 1 aromatic heterocycles. The highest BCUT2D eigenvalue weighted by Crippen LogP contribution is 2.26. The first-order valence-electron chi connectivity index (χ1n) is 7.91. The van der Waals surface area contributed by atoms with Crippen LogP contribution in [0.15, 0.2) is 24.3 Å². The molecule has 0 fully saturated rings. The Labute approximate surface area is 147 Å². The first-order valence-corrected chi connectivity index (χ1v) is 7.91. The molecule has 1 aromatic carbocycles. The van der Waals surface area contributed by atoms with E-state index in [1.165, 1.54) is 10.2 Å². The molecule has 0 aliphatic rings. The monoisotopic (exact) mass is 335 g/mol. The second-order valence-corrected chi connectivity index (χ2v) is 6.71. The van der Waals surface area contributed by atoms with E-state index in [0.29, 0.717) is 0 Å². The van der Waals surface area contributed by atoms with Crippen LogP contribution >= 0.6 is 0 Å². The number of hydrogen-bond donors (Lipinski definition) is 2. The molecule has 0 aliphatic carbocycles. The van der Waals surface area contributed by atoms with E-state index in [0.717, 1.165) is 5.56 Å². The summed E-state index contributed by atoms with van der Waals surface area (Å²) in [6, 6.07) is 12.0. The van der Waals surface area contributed by atoms with E-state index >= 15 is 0 Å². The lowest BCUT2D eigenvalue weighted by molar-refractivity contribution is 0.270. The minimum Gasteiger partial charge on any atom is -0.394 e. The van der Waals surface area contributed by atoms with Crippen LogP contribution in [0.2, 0.25) is 0 Å². The van der Waals surface area contributed by atoms with Crippen LogP contribution in [0.5, 0.6) is 0 Å². The lowest BCUT2D eigenvalue weighted by Gasteiger charge is -2.18. The predicted octanol–water partition coefficient (Wildman–Crippen LogP) is 2.69. The average molecular weight is 335 g/mol. The largest absolute Gasteiger partial charge is 0.394 e. The molecule has 0 bridgehead atoms. The Morgan fingerprint density at radius 1 is 1.28 bits per heavy atom. The van der Waals surface area contributed by atoms with Gasteiger partial charge in [-0.3, -0.25) is 0 Å². The molecule has 2 aromatic rings. The molecule has 6 heteroatoms. The van der Waals surface area contributed by atoms with Gasteiger partial charge in [-0.2, -0.15) is 15.6 Å². The highest BCUT2D eigenvalue weighted by Gasteiger charge is 2.19. The Morgan fingerprint density at radius 2 is 1.92 bits per heavy atom. The molecule has 0 atom stereocenters. The van der Waals surface area contributed by atoms with Gasteiger partial charge in [-0.1, -0.05) is 45.0 Å². The van der Waals surface area contributed by atoms with Gasteiger partial charge < -0.3 is 10.8 Å². The van der Waals surface area contributed by atoms with Gasteiger partial charge in [0.15, 0.2) is 0 Å². The Kier molecular flexibility index (Phi) is 5.26. The van der Waals surface area contributed by atoms with E-state index < -0.39 is 0 Å². The van der Waals surface area contributed by atoms with E-state index in [1.807, 2.05) is 30.3 Å². The molecule has 0 amide bonds. The van der Waals surface area contributed by atoms with Crippen molar-refractivity contribution in [1.82, 2.24) is 9.78 Å². The fourth-order valence-corrected chi connectivity index (χ4v) is 2.44. The zero-order chi connectivity index (χ0) is 18.6. The van der Waals surface area contributed by atoms with Crippen LogP contribution in [0.4, 0.5) is 5.82 Å². The molecule has 0 spiro atoms. The summed E-state index contributed by atoms with van der Waals surface area (Å²) in [6.45, 7) is 6.41. The standard InChI is InChI=1S/C19H21N5O/c1-19(2,3)15-6-4-13(5-7-15)10-14(11-20)17-16(12-21)18(22)24(23-17)8-9-25/h4-7,10,25H,8-9,22H2,1-3H3/b14-10-. The quantitative estimate of drug-likeness (QED) is 0.834. The number of nitrogens with two attached hydrogens (primary N) is 1. The number of nitriles is 2. The number of benzene rings is 1. The molecule has 0 radical (unpaired) electrons. The summed E-state index contributed by atoms with van der Waals surface area (Å²) >= 11 is 0. The van der Waals surface area contributed by atoms with Crippen molar-refractivity contribution in [2.45, 2.75) is 32.7 Å². The maximum atomic E-state index is 9.51. The van der Waals surface area contributed by atoms with Crippen molar-refractivity contribution in [2.75, 3.05) is 12.3 Å². The van der Waals surface area contributed by atoms with Crippen LogP contribution in [0.1, 0.15) is 43.2 Å². The van der Waals surface area contributed by atoms with Crippen molar-refractivity contribution in [2.24, 2.45) is 0 Å². The summed E-state index contributed by atoms with van der Waals surface area (Å²) in [7, 11) is 0. The highest BCUT2D eigenvalue weighted by molar-refractivity contribution is 5.91. The summed E-state index contributed by atoms with van der Waals surface area (Å²) in [5.74, 6) is 0.149. The van der Waals surface area contributed by atoms with E-state index in [9.17, 15) is 10.5 Å². The molecule has 0 unspecified atom stereocenters. The molecule has 6 nitrogen and oxygen atoms in total. The van der Waals surface area contributed by atoms with Crippen LogP contribution in [-0.2, 0) is 12.0 Å². The number of nitrogens with zero attached hydrogens (tertiary/aromatic N) is 4. The third-order valence-electron chi connectivity index (χ3n) is 3.88. The van der Waals surface area contributed by atoms with Gasteiger partial charge in [0.25, 0.3) is 0 Å². The zero-order valence-electron chi connectivity index (χ0n) is 14.6. The molecular formula is C19H21N5O. The van der Waals surface area contributed by atoms with Gasteiger partial charge in [0.2, 0.25) is 0 Å². The summed E-state index contributed by atoms with van der Waals surface area (Å²) < 4.78 is 1.34. The van der Waals surface area contributed by atoms with Gasteiger partial charge in [0, 0.05) is 0 Å². The zero-order valence-corrected chi connectivity index (χ0v) is 14.6. The Bertz CT molecular complexity index is 871. The predicted molar refractivity (Wildman–Crippen MR) is 97.1 cm³/mol. The molecule has 3 N–H and O–H groups in total. The number of allylic oxidation sites excluding steroid dienone is 1. The molecule has 0 aliphatic heterocycles. The average Bonchev–Trinajstić information content (AvgIpc) is 2.88. The van der Waals surface area contributed by atoms with Crippen molar-refractivity contribution < 1.29 is 5.11 Å². The first-order chi connectivity index (χ1) is 11.8. The maximum Gasteiger partial charge on any atom is 0.140 e. The van der Waals surface area contributed by atoms with Crippen molar-refractivity contribution in [3.05, 3.63) is 46.6 Å². The highest BCUT2D eigenvalue weighted by atomic mass is 16.3. The van der Waals surface area contributed by atoms with Crippen molar-refractivity contribution in [3.63, 3.8) is 0 Å². The van der Waals surface area contributed by atoms with Crippen LogP contribution in [0.25, 0.3) is 11.6 Å². The lowest BCUT2D eigenvalue weighted by Crippen LogP contribution is -2.10. The van der Waals surface area contributed by atoms with Crippen LogP contribution in [0, 0.1) is 22.7 Å². The normalized spacial score (nSPS) is 11.8. The molecule has 1 heterocycles. The summed E-state index contributed by atoms with van der Waals surface area (Å²) in [5, 5.41) is 32.1. The molecule has 2 rings (SSSR count). The third kappa shape index (κ3) is 3.88. The van der Waals surface area contributed by atoms with E-state index in [-0.39, 0.29) is 41.2 Å². The van der Waals surface area contributed by atoms with Gasteiger partial charge >= 0.3 is 0 Å². The third-order valence-corrected chi connectivity index (χ3v) is 3.88. The SMILES string of the molecule is CC(C)(C)c1ccc(/C=C(/C#N)c2nn(CCO)c(N)c2C#N)cc1. The second-order valence-electron chi connectivity index (χ2n) is 6.71. The van der Waals surface area contributed by atoms with E-state index in [1.54, 1.807) is 6.08 Å². The molecule has 128 valence electrons. The summed E-state index contributed by atoms with van der Waals surface area (Å²) in [5.41, 5.74) is 8.59. The van der Waals surface area contributed by atoms with Crippen LogP contribution < -0.4 is 5.73 Å². The molecule has 25 heavy (non-hydrogen) atoms. The number of aliphatic hydroxyl groups is 1. The fourth-order valence-electron chi connectivity index (χ4n) is 2.44. The molecular weight excluding hydrogens is 314 g/mol. The minimum absolute atomic E-state index is 0.0474. The van der Waals surface area contributed by atoms with E-state index in [4.69, 9.17) is 10.8 Å². The summed E-state index contributed by atoms with van der Waals surface area (Å²) in [4.78, 5) is 0. The first kappa shape index (κ1) is 18.3. The van der Waals surface area contributed by atoms with Crippen LogP contribution in [-0.4, -0.2) is 21.5 Å². The molecule has 0 saturated heterocycles. The van der Waals surface area contributed by atoms with Gasteiger partial charge in [-0.25, -0.2) is 4.68 Å². The number of hydrogen-bond acceptors (Lipinski definition) is 5. The topological polar surface area (TPSA) is 112 Å². The maximum absolute atomic E-state index is 9.51. The Balaban J connectivity index is 2.47. The minimum atomic E-state index is -0.157. The van der Waals surface area contributed by atoms with Crippen molar-refractivity contribution >= 4 is 17.5 Å². The van der Waals surface area contributed by atoms with Crippen LogP contribution in [0.3, 0.4) is 0 Å². The number of nitrogen functional groups attached to an aromatic ring is 1. The van der Waals surface area contributed by atoms with Gasteiger partial charge in [-0.05, 0) is 22.6 Å². The summed E-state index contributed by atoms with van der Waals surface area (Å²) in [6.07, 6.45) is 1.68. The number of aliphatic hydroxyl groups excluding tert-OH is 1. The van der Waals surface area contributed by atoms with Crippen molar-refractivity contribution in [1.29, 1.82) is 10.5 Å². The number of anilines is 1. The molecule has 0 saturated carbocycles. The van der Waals surface area contributed by atoms with Gasteiger partial charge in [0.1, 0.15) is 29.2 Å². The lowest BCUT2D eigenvalue weighted by atomic mass is 9.86. The van der Waals surface area contributed by atoms with Gasteiger partial charge in [-0.15, -0.1) is 0 Å². The van der Waals surface area contributed by atoms with E-state index in [2.05, 4.69) is 31.9 Å². The second kappa shape index (κ2) is 7.21.